The van der Waals surface area contributed by atoms with Gasteiger partial charge in [0, 0.05) is 18.0 Å². The van der Waals surface area contributed by atoms with Gasteiger partial charge in [-0.2, -0.15) is 0 Å². The van der Waals surface area contributed by atoms with E-state index in [9.17, 15) is 22.4 Å². The Bertz CT molecular complexity index is 457. The molecule has 100 valence electrons. The minimum absolute atomic E-state index is 0.0627. The molecule has 0 atom stereocenters. The summed E-state index contributed by atoms with van der Waals surface area (Å²) in [4.78, 5) is 11.4. The van der Waals surface area contributed by atoms with Crippen LogP contribution in [0.2, 0.25) is 0 Å². The molecular weight excluding hydrogens is 252 g/mol. The Morgan fingerprint density at radius 3 is 2.06 bits per heavy atom. The zero-order chi connectivity index (χ0) is 14.1. The van der Waals surface area contributed by atoms with Crippen LogP contribution in [-0.4, -0.2) is 11.4 Å². The molecule has 1 aromatic rings. The van der Waals surface area contributed by atoms with Gasteiger partial charge in [-0.25, -0.2) is 17.6 Å². The molecule has 0 aromatic heterocycles. The van der Waals surface area contributed by atoms with E-state index < -0.39 is 40.4 Å². The lowest BCUT2D eigenvalue weighted by Gasteiger charge is -2.18. The zero-order valence-electron chi connectivity index (χ0n) is 9.78. The summed E-state index contributed by atoms with van der Waals surface area (Å²) >= 11 is 0. The van der Waals surface area contributed by atoms with Gasteiger partial charge in [0.15, 0.2) is 23.3 Å². The van der Waals surface area contributed by atoms with E-state index in [2.05, 4.69) is 0 Å². The molecule has 0 radical (unpaired) electrons. The Morgan fingerprint density at radius 1 is 1.22 bits per heavy atom. The number of amides is 1. The number of anilines is 1. The van der Waals surface area contributed by atoms with Crippen molar-refractivity contribution in [2.75, 3.05) is 5.32 Å². The molecule has 0 saturated carbocycles. The summed E-state index contributed by atoms with van der Waals surface area (Å²) in [5, 5.41) is 1.77. The number of hydrogen-bond donors (Lipinski definition) is 2. The molecular formula is C11H12F4N2O. The third-order valence-corrected chi connectivity index (χ3v) is 1.99. The maximum absolute atomic E-state index is 13.2. The van der Waals surface area contributed by atoms with Crippen LogP contribution < -0.4 is 11.1 Å². The molecule has 7 heteroatoms. The van der Waals surface area contributed by atoms with Crippen LogP contribution in [0.15, 0.2) is 6.07 Å². The molecule has 3 nitrogen and oxygen atoms in total. The van der Waals surface area contributed by atoms with Crippen molar-refractivity contribution in [1.82, 2.24) is 0 Å². The first-order chi connectivity index (χ1) is 8.11. The molecule has 3 N–H and O–H groups in total. The fraction of sp³-hybridized carbons (Fsp3) is 0.364. The largest absolute Gasteiger partial charge is 0.325 e. The summed E-state index contributed by atoms with van der Waals surface area (Å²) in [6, 6.07) is 0.0627. The van der Waals surface area contributed by atoms with E-state index in [0.29, 0.717) is 0 Å². The first-order valence-electron chi connectivity index (χ1n) is 5.03. The van der Waals surface area contributed by atoms with Gasteiger partial charge in [0.25, 0.3) is 0 Å². The van der Waals surface area contributed by atoms with Gasteiger partial charge < -0.3 is 11.1 Å². The Hall–Kier alpha value is -1.63. The van der Waals surface area contributed by atoms with Crippen molar-refractivity contribution in [2.45, 2.75) is 25.8 Å². The topological polar surface area (TPSA) is 55.1 Å². The highest BCUT2D eigenvalue weighted by molar-refractivity contribution is 5.91. The van der Waals surface area contributed by atoms with Crippen LogP contribution in [0.1, 0.15) is 20.3 Å². The quantitative estimate of drug-likeness (QED) is 0.650. The Kier molecular flexibility index (Phi) is 3.95. The smallest absolute Gasteiger partial charge is 0.226 e. The summed E-state index contributed by atoms with van der Waals surface area (Å²) in [7, 11) is 0. The minimum atomic E-state index is -1.66. The monoisotopic (exact) mass is 264 g/mol. The summed E-state index contributed by atoms with van der Waals surface area (Å²) in [6.45, 7) is 3.04. The number of benzene rings is 1. The van der Waals surface area contributed by atoms with Gasteiger partial charge in [-0.15, -0.1) is 0 Å². The molecule has 0 spiro atoms. The molecule has 0 bridgehead atoms. The fourth-order valence-electron chi connectivity index (χ4n) is 1.28. The molecule has 1 aromatic carbocycles. The lowest BCUT2D eigenvalue weighted by Crippen LogP contribution is -2.36. The van der Waals surface area contributed by atoms with Gasteiger partial charge in [0.05, 0.1) is 0 Å². The van der Waals surface area contributed by atoms with Crippen molar-refractivity contribution in [1.29, 1.82) is 0 Å². The molecule has 0 heterocycles. The molecule has 0 unspecified atom stereocenters. The predicted octanol–water partition coefficient (Wildman–Crippen LogP) is 2.31. The van der Waals surface area contributed by atoms with Crippen molar-refractivity contribution in [3.05, 3.63) is 29.3 Å². The van der Waals surface area contributed by atoms with Gasteiger partial charge in [0.2, 0.25) is 5.91 Å². The molecule has 0 aliphatic carbocycles. The summed E-state index contributed by atoms with van der Waals surface area (Å²) in [5.41, 5.74) is 3.46. The van der Waals surface area contributed by atoms with Gasteiger partial charge >= 0.3 is 0 Å². The third kappa shape index (κ3) is 3.43. The van der Waals surface area contributed by atoms with Crippen LogP contribution >= 0.6 is 0 Å². The first-order valence-corrected chi connectivity index (χ1v) is 5.03. The molecule has 1 rings (SSSR count). The van der Waals surface area contributed by atoms with Crippen molar-refractivity contribution in [2.24, 2.45) is 5.73 Å². The number of carbonyl (C=O) groups is 1. The molecule has 18 heavy (non-hydrogen) atoms. The van der Waals surface area contributed by atoms with Crippen LogP contribution in [0.25, 0.3) is 0 Å². The van der Waals surface area contributed by atoms with Crippen LogP contribution in [0, 0.1) is 23.3 Å². The second-order valence-corrected chi connectivity index (χ2v) is 4.56. The molecule has 0 fully saturated rings. The van der Waals surface area contributed by atoms with Gasteiger partial charge in [-0.1, -0.05) is 0 Å². The number of halogens is 4. The second kappa shape index (κ2) is 4.93. The molecule has 0 aliphatic heterocycles. The number of nitrogens with one attached hydrogen (secondary N) is 1. The van der Waals surface area contributed by atoms with Crippen molar-refractivity contribution >= 4 is 11.6 Å². The van der Waals surface area contributed by atoms with Crippen molar-refractivity contribution in [3.63, 3.8) is 0 Å². The molecule has 0 saturated heterocycles. The lowest BCUT2D eigenvalue weighted by atomic mass is 10.0. The van der Waals surface area contributed by atoms with Gasteiger partial charge in [-0.3, -0.25) is 4.79 Å². The van der Waals surface area contributed by atoms with Crippen molar-refractivity contribution in [3.8, 4) is 0 Å². The maximum Gasteiger partial charge on any atom is 0.226 e. The van der Waals surface area contributed by atoms with Gasteiger partial charge in [-0.05, 0) is 13.8 Å². The Morgan fingerprint density at radius 2 is 1.67 bits per heavy atom. The Labute approximate surface area is 101 Å². The Balaban J connectivity index is 3.01. The third-order valence-electron chi connectivity index (χ3n) is 1.99. The van der Waals surface area contributed by atoms with E-state index in [1.165, 1.54) is 13.8 Å². The first kappa shape index (κ1) is 14.4. The summed E-state index contributed by atoms with van der Waals surface area (Å²) in [6.07, 6.45) is -0.260. The maximum atomic E-state index is 13.2. The molecule has 0 aliphatic rings. The highest BCUT2D eigenvalue weighted by Gasteiger charge is 2.23. The standard InChI is InChI=1S/C11H12F4N2O/c1-11(2,16)4-7(18)17-10-8(14)5(12)3-6(13)9(10)15/h3H,4,16H2,1-2H3,(H,17,18). The van der Waals surface area contributed by atoms with E-state index in [4.69, 9.17) is 5.73 Å². The average Bonchev–Trinajstić information content (AvgIpc) is 2.19. The lowest BCUT2D eigenvalue weighted by molar-refractivity contribution is -0.117. The number of rotatable bonds is 3. The number of nitrogens with two attached hydrogens (primary N) is 1. The van der Waals surface area contributed by atoms with Crippen LogP contribution in [0.4, 0.5) is 23.2 Å². The number of carbonyl (C=O) groups excluding carboxylic acids is 1. The van der Waals surface area contributed by atoms with E-state index in [-0.39, 0.29) is 12.5 Å². The predicted molar refractivity (Wildman–Crippen MR) is 57.8 cm³/mol. The molecule has 1 amide bonds. The van der Waals surface area contributed by atoms with Gasteiger partial charge in [0.1, 0.15) is 5.69 Å². The normalized spacial score (nSPS) is 11.5. The summed E-state index contributed by atoms with van der Waals surface area (Å²) in [5.74, 6) is -7.33. The van der Waals surface area contributed by atoms with E-state index in [0.717, 1.165) is 0 Å². The highest BCUT2D eigenvalue weighted by atomic mass is 19.2. The van der Waals surface area contributed by atoms with E-state index in [1.54, 1.807) is 5.32 Å². The second-order valence-electron chi connectivity index (χ2n) is 4.56. The summed E-state index contributed by atoms with van der Waals surface area (Å²) < 4.78 is 52.1. The minimum Gasteiger partial charge on any atom is -0.325 e. The van der Waals surface area contributed by atoms with E-state index in [1.807, 2.05) is 0 Å². The SMILES string of the molecule is CC(C)(N)CC(=O)Nc1c(F)c(F)cc(F)c1F. The zero-order valence-corrected chi connectivity index (χ0v) is 9.78. The highest BCUT2D eigenvalue weighted by Crippen LogP contribution is 2.24. The van der Waals surface area contributed by atoms with Crippen LogP contribution in [0.5, 0.6) is 0 Å². The van der Waals surface area contributed by atoms with Crippen molar-refractivity contribution < 1.29 is 22.4 Å². The van der Waals surface area contributed by atoms with E-state index >= 15 is 0 Å². The average molecular weight is 264 g/mol. The van der Waals surface area contributed by atoms with Crippen LogP contribution in [-0.2, 0) is 4.79 Å². The van der Waals surface area contributed by atoms with Crippen LogP contribution in [0.3, 0.4) is 0 Å². The fourth-order valence-corrected chi connectivity index (χ4v) is 1.28. The number of hydrogen-bond acceptors (Lipinski definition) is 2.